The van der Waals surface area contributed by atoms with Gasteiger partial charge >= 0.3 is 5.97 Å². The van der Waals surface area contributed by atoms with Crippen LogP contribution >= 0.6 is 0 Å². The Bertz CT molecular complexity index is 386. The van der Waals surface area contributed by atoms with Crippen molar-refractivity contribution >= 4 is 17.6 Å². The van der Waals surface area contributed by atoms with E-state index in [0.717, 1.165) is 6.42 Å². The zero-order valence-electron chi connectivity index (χ0n) is 9.30. The van der Waals surface area contributed by atoms with Crippen LogP contribution in [0.3, 0.4) is 0 Å². The fourth-order valence-electron chi connectivity index (χ4n) is 1.10. The summed E-state index contributed by atoms with van der Waals surface area (Å²) in [5.74, 6) is -1.12. The maximum absolute atomic E-state index is 11.5. The van der Waals surface area contributed by atoms with Gasteiger partial charge < -0.3 is 10.4 Å². The van der Waals surface area contributed by atoms with Crippen LogP contribution in [-0.4, -0.2) is 26.8 Å². The predicted octanol–water partition coefficient (Wildman–Crippen LogP) is 0.952. The van der Waals surface area contributed by atoms with Crippen LogP contribution in [0.25, 0.3) is 0 Å². The van der Waals surface area contributed by atoms with Crippen molar-refractivity contribution in [2.45, 2.75) is 26.8 Å². The van der Waals surface area contributed by atoms with Gasteiger partial charge in [0.1, 0.15) is 6.54 Å². The van der Waals surface area contributed by atoms with Gasteiger partial charge in [-0.2, -0.15) is 5.10 Å². The number of anilines is 1. The van der Waals surface area contributed by atoms with E-state index in [2.05, 4.69) is 10.4 Å². The van der Waals surface area contributed by atoms with Crippen molar-refractivity contribution in [3.63, 3.8) is 0 Å². The number of rotatable bonds is 5. The molecule has 6 nitrogen and oxygen atoms in total. The molecule has 0 spiro atoms. The molecule has 88 valence electrons. The third kappa shape index (κ3) is 3.38. The predicted molar refractivity (Wildman–Crippen MR) is 57.9 cm³/mol. The molecule has 0 aliphatic heterocycles. The zero-order valence-corrected chi connectivity index (χ0v) is 9.30. The molecule has 6 heteroatoms. The van der Waals surface area contributed by atoms with E-state index in [4.69, 9.17) is 5.11 Å². The molecule has 0 bridgehead atoms. The first kappa shape index (κ1) is 12.2. The number of hydrogen-bond donors (Lipinski definition) is 2. The molecule has 0 fully saturated rings. The molecule has 0 saturated heterocycles. The van der Waals surface area contributed by atoms with Gasteiger partial charge in [0.25, 0.3) is 0 Å². The number of hydrogen-bond acceptors (Lipinski definition) is 3. The Balaban J connectivity index is 2.58. The minimum Gasteiger partial charge on any atom is -0.480 e. The summed E-state index contributed by atoms with van der Waals surface area (Å²) in [6.07, 6.45) is 3.69. The SMILES string of the molecule is CCC(C)C(=O)Nc1cnn(CC(=O)O)c1. The molecule has 1 unspecified atom stereocenters. The maximum Gasteiger partial charge on any atom is 0.325 e. The van der Waals surface area contributed by atoms with Crippen LogP contribution in [0.2, 0.25) is 0 Å². The summed E-state index contributed by atoms with van der Waals surface area (Å²) >= 11 is 0. The van der Waals surface area contributed by atoms with E-state index < -0.39 is 5.97 Å². The Kier molecular flexibility index (Phi) is 4.04. The van der Waals surface area contributed by atoms with Crippen molar-refractivity contribution in [3.05, 3.63) is 12.4 Å². The average Bonchev–Trinajstić information content (AvgIpc) is 2.63. The molecule has 16 heavy (non-hydrogen) atoms. The number of carbonyl (C=O) groups excluding carboxylic acids is 1. The van der Waals surface area contributed by atoms with Crippen LogP contribution in [0.5, 0.6) is 0 Å². The number of carbonyl (C=O) groups is 2. The molecule has 1 atom stereocenters. The van der Waals surface area contributed by atoms with Gasteiger partial charge in [-0.05, 0) is 6.42 Å². The second-order valence-electron chi connectivity index (χ2n) is 3.62. The van der Waals surface area contributed by atoms with Crippen molar-refractivity contribution in [1.29, 1.82) is 0 Å². The van der Waals surface area contributed by atoms with Crippen molar-refractivity contribution in [1.82, 2.24) is 9.78 Å². The Morgan fingerprint density at radius 3 is 2.88 bits per heavy atom. The Hall–Kier alpha value is -1.85. The molecule has 0 aliphatic carbocycles. The molecule has 0 saturated carbocycles. The Labute approximate surface area is 93.3 Å². The Morgan fingerprint density at radius 2 is 2.31 bits per heavy atom. The lowest BCUT2D eigenvalue weighted by Gasteiger charge is -2.07. The van der Waals surface area contributed by atoms with Gasteiger partial charge in [-0.15, -0.1) is 0 Å². The highest BCUT2D eigenvalue weighted by atomic mass is 16.4. The summed E-state index contributed by atoms with van der Waals surface area (Å²) in [5.41, 5.74) is 0.520. The van der Waals surface area contributed by atoms with E-state index in [1.165, 1.54) is 17.1 Å². The van der Waals surface area contributed by atoms with Gasteiger partial charge in [-0.25, -0.2) is 0 Å². The highest BCUT2D eigenvalue weighted by molar-refractivity contribution is 5.91. The van der Waals surface area contributed by atoms with Gasteiger partial charge in [0.2, 0.25) is 5.91 Å². The number of amides is 1. The van der Waals surface area contributed by atoms with Gasteiger partial charge in [0.05, 0.1) is 11.9 Å². The molecular formula is C10H15N3O3. The third-order valence-corrected chi connectivity index (χ3v) is 2.26. The zero-order chi connectivity index (χ0) is 12.1. The van der Waals surface area contributed by atoms with Crippen LogP contribution < -0.4 is 5.32 Å². The molecule has 1 aromatic rings. The summed E-state index contributed by atoms with van der Waals surface area (Å²) in [5, 5.41) is 15.0. The van der Waals surface area contributed by atoms with E-state index in [1.807, 2.05) is 13.8 Å². The van der Waals surface area contributed by atoms with Crippen LogP contribution in [0.1, 0.15) is 20.3 Å². The van der Waals surface area contributed by atoms with Crippen molar-refractivity contribution < 1.29 is 14.7 Å². The van der Waals surface area contributed by atoms with Crippen LogP contribution in [0, 0.1) is 5.92 Å². The van der Waals surface area contributed by atoms with Gasteiger partial charge in [-0.3, -0.25) is 14.3 Å². The number of carboxylic acid groups (broad SMARTS) is 1. The normalized spacial score (nSPS) is 12.1. The fraction of sp³-hybridized carbons (Fsp3) is 0.500. The average molecular weight is 225 g/mol. The molecule has 1 heterocycles. The number of aromatic nitrogens is 2. The first-order valence-electron chi connectivity index (χ1n) is 5.08. The lowest BCUT2D eigenvalue weighted by Crippen LogP contribution is -2.19. The number of nitrogens with zero attached hydrogens (tertiary/aromatic N) is 2. The van der Waals surface area contributed by atoms with Gasteiger partial charge in [0.15, 0.2) is 0 Å². The smallest absolute Gasteiger partial charge is 0.325 e. The minimum absolute atomic E-state index is 0.0668. The van der Waals surface area contributed by atoms with Crippen LogP contribution in [-0.2, 0) is 16.1 Å². The molecule has 0 radical (unpaired) electrons. The highest BCUT2D eigenvalue weighted by Gasteiger charge is 2.11. The first-order valence-corrected chi connectivity index (χ1v) is 5.08. The number of aliphatic carboxylic acids is 1. The van der Waals surface area contributed by atoms with Crippen LogP contribution in [0.4, 0.5) is 5.69 Å². The molecular weight excluding hydrogens is 210 g/mol. The van der Waals surface area contributed by atoms with Crippen molar-refractivity contribution in [2.75, 3.05) is 5.32 Å². The standard InChI is InChI=1S/C10H15N3O3/c1-3-7(2)10(16)12-8-4-11-13(5-8)6-9(14)15/h4-5,7H,3,6H2,1-2H3,(H,12,16)(H,14,15). The second-order valence-corrected chi connectivity index (χ2v) is 3.62. The van der Waals surface area contributed by atoms with E-state index >= 15 is 0 Å². The third-order valence-electron chi connectivity index (χ3n) is 2.26. The highest BCUT2D eigenvalue weighted by Crippen LogP contribution is 2.09. The molecule has 1 amide bonds. The minimum atomic E-state index is -0.970. The summed E-state index contributed by atoms with van der Waals surface area (Å²) in [6.45, 7) is 3.55. The van der Waals surface area contributed by atoms with E-state index in [0.29, 0.717) is 5.69 Å². The summed E-state index contributed by atoms with van der Waals surface area (Å²) in [4.78, 5) is 21.9. The van der Waals surface area contributed by atoms with E-state index in [9.17, 15) is 9.59 Å². The quantitative estimate of drug-likeness (QED) is 0.781. The van der Waals surface area contributed by atoms with Crippen LogP contribution in [0.15, 0.2) is 12.4 Å². The molecule has 0 aliphatic rings. The monoisotopic (exact) mass is 225 g/mol. The largest absolute Gasteiger partial charge is 0.480 e. The van der Waals surface area contributed by atoms with E-state index in [-0.39, 0.29) is 18.4 Å². The lowest BCUT2D eigenvalue weighted by atomic mass is 10.1. The molecule has 0 aromatic carbocycles. The molecule has 1 aromatic heterocycles. The van der Waals surface area contributed by atoms with Crippen molar-refractivity contribution in [2.24, 2.45) is 5.92 Å². The fourth-order valence-corrected chi connectivity index (χ4v) is 1.10. The van der Waals surface area contributed by atoms with Gasteiger partial charge in [-0.1, -0.05) is 13.8 Å². The second kappa shape index (κ2) is 5.29. The summed E-state index contributed by atoms with van der Waals surface area (Å²) in [6, 6.07) is 0. The lowest BCUT2D eigenvalue weighted by molar-refractivity contribution is -0.137. The van der Waals surface area contributed by atoms with E-state index in [1.54, 1.807) is 0 Å². The first-order chi connectivity index (χ1) is 7.52. The number of carboxylic acids is 1. The van der Waals surface area contributed by atoms with Gasteiger partial charge in [0, 0.05) is 12.1 Å². The number of nitrogens with one attached hydrogen (secondary N) is 1. The maximum atomic E-state index is 11.5. The molecule has 1 rings (SSSR count). The summed E-state index contributed by atoms with van der Waals surface area (Å²) < 4.78 is 1.26. The van der Waals surface area contributed by atoms with Crippen molar-refractivity contribution in [3.8, 4) is 0 Å². The Morgan fingerprint density at radius 1 is 1.62 bits per heavy atom. The summed E-state index contributed by atoms with van der Waals surface area (Å²) in [7, 11) is 0. The topological polar surface area (TPSA) is 84.2 Å². The molecule has 2 N–H and O–H groups in total.